The summed E-state index contributed by atoms with van der Waals surface area (Å²) in [5.74, 6) is -1.97. The number of hydrogen-bond acceptors (Lipinski definition) is 4. The SMILES string of the molecule is N#Cc1c(C2CC2)n(CCNC(=O)C(F)(F)F)c2c(=O)[nH]cnc12. The van der Waals surface area contributed by atoms with Crippen LogP contribution in [0, 0.1) is 11.3 Å². The molecule has 10 heteroatoms. The van der Waals surface area contributed by atoms with E-state index in [0.717, 1.165) is 12.8 Å². The van der Waals surface area contributed by atoms with Crippen LogP contribution < -0.4 is 10.9 Å². The van der Waals surface area contributed by atoms with Crippen LogP contribution in [0.3, 0.4) is 0 Å². The van der Waals surface area contributed by atoms with Gasteiger partial charge in [-0.25, -0.2) is 4.98 Å². The molecule has 2 aromatic heterocycles. The third kappa shape index (κ3) is 2.73. The third-order valence-corrected chi connectivity index (χ3v) is 3.84. The van der Waals surface area contributed by atoms with Gasteiger partial charge in [-0.2, -0.15) is 18.4 Å². The van der Waals surface area contributed by atoms with Crippen LogP contribution in [-0.2, 0) is 11.3 Å². The van der Waals surface area contributed by atoms with Crippen LogP contribution in [0.1, 0.15) is 30.0 Å². The Labute approximate surface area is 133 Å². The van der Waals surface area contributed by atoms with Crippen molar-refractivity contribution in [1.29, 1.82) is 5.26 Å². The number of alkyl halides is 3. The molecular weight excluding hydrogens is 327 g/mol. The molecule has 0 radical (unpaired) electrons. The van der Waals surface area contributed by atoms with Gasteiger partial charge in [-0.15, -0.1) is 0 Å². The quantitative estimate of drug-likeness (QED) is 0.872. The molecule has 1 aliphatic rings. The first-order chi connectivity index (χ1) is 11.3. The Morgan fingerprint density at radius 3 is 2.79 bits per heavy atom. The van der Waals surface area contributed by atoms with Crippen molar-refractivity contribution in [3.05, 3.63) is 27.9 Å². The van der Waals surface area contributed by atoms with E-state index in [4.69, 9.17) is 0 Å². The summed E-state index contributed by atoms with van der Waals surface area (Å²) in [5, 5.41) is 11.2. The molecule has 0 bridgehead atoms. The molecule has 126 valence electrons. The third-order valence-electron chi connectivity index (χ3n) is 3.84. The van der Waals surface area contributed by atoms with Crippen molar-refractivity contribution >= 4 is 16.9 Å². The number of H-pyrrole nitrogens is 1. The molecule has 0 spiro atoms. The first kappa shape index (κ1) is 16.0. The first-order valence-electron chi connectivity index (χ1n) is 7.19. The number of aromatic nitrogens is 3. The van der Waals surface area contributed by atoms with Gasteiger partial charge in [0.15, 0.2) is 0 Å². The number of carbonyl (C=O) groups excluding carboxylic acids is 1. The van der Waals surface area contributed by atoms with E-state index in [9.17, 15) is 28.0 Å². The summed E-state index contributed by atoms with van der Waals surface area (Å²) in [4.78, 5) is 29.4. The monoisotopic (exact) mass is 339 g/mol. The number of nitrogens with zero attached hydrogens (tertiary/aromatic N) is 3. The highest BCUT2D eigenvalue weighted by molar-refractivity contribution is 5.84. The number of nitriles is 1. The Morgan fingerprint density at radius 1 is 1.50 bits per heavy atom. The first-order valence-corrected chi connectivity index (χ1v) is 7.19. The Balaban J connectivity index is 1.98. The summed E-state index contributed by atoms with van der Waals surface area (Å²) in [5.41, 5.74) is 0.742. The molecule has 1 amide bonds. The normalized spacial score (nSPS) is 14.6. The topological polar surface area (TPSA) is 104 Å². The van der Waals surface area contributed by atoms with Crippen molar-refractivity contribution in [3.63, 3.8) is 0 Å². The van der Waals surface area contributed by atoms with Crippen LogP contribution in [-0.4, -0.2) is 33.2 Å². The van der Waals surface area contributed by atoms with Gasteiger partial charge in [0.1, 0.15) is 17.1 Å². The highest BCUT2D eigenvalue weighted by Crippen LogP contribution is 2.43. The standard InChI is InChI=1S/C14H12F3N5O2/c15-14(16,17)13(24)19-3-4-22-10(7-1-2-7)8(5-18)9-11(22)12(23)21-6-20-9/h6-7H,1-4H2,(H,19,24)(H,20,21,23). The maximum absolute atomic E-state index is 12.2. The maximum atomic E-state index is 12.2. The highest BCUT2D eigenvalue weighted by atomic mass is 19.4. The number of aromatic amines is 1. The zero-order valence-corrected chi connectivity index (χ0v) is 12.3. The Hall–Kier alpha value is -2.83. The number of amides is 1. The lowest BCUT2D eigenvalue weighted by Crippen LogP contribution is -2.38. The summed E-state index contributed by atoms with van der Waals surface area (Å²) in [7, 11) is 0. The van der Waals surface area contributed by atoms with Crippen molar-refractivity contribution in [1.82, 2.24) is 19.9 Å². The van der Waals surface area contributed by atoms with Crippen molar-refractivity contribution in [2.24, 2.45) is 0 Å². The maximum Gasteiger partial charge on any atom is 0.471 e. The lowest BCUT2D eigenvalue weighted by molar-refractivity contribution is -0.173. The van der Waals surface area contributed by atoms with E-state index < -0.39 is 17.6 Å². The summed E-state index contributed by atoms with van der Waals surface area (Å²) in [6, 6.07) is 2.03. The van der Waals surface area contributed by atoms with Crippen LogP contribution >= 0.6 is 0 Å². The largest absolute Gasteiger partial charge is 0.471 e. The predicted molar refractivity (Wildman–Crippen MR) is 76.1 cm³/mol. The van der Waals surface area contributed by atoms with Gasteiger partial charge in [-0.05, 0) is 12.8 Å². The number of nitrogens with one attached hydrogen (secondary N) is 2. The molecule has 1 aliphatic carbocycles. The predicted octanol–water partition coefficient (Wildman–Crippen LogP) is 1.15. The molecule has 2 N–H and O–H groups in total. The Bertz CT molecular complexity index is 902. The average molecular weight is 339 g/mol. The lowest BCUT2D eigenvalue weighted by Gasteiger charge is -2.12. The smallest absolute Gasteiger partial charge is 0.346 e. The highest BCUT2D eigenvalue weighted by Gasteiger charge is 2.38. The second kappa shape index (κ2) is 5.67. The molecule has 0 aromatic carbocycles. The number of rotatable bonds is 4. The molecule has 0 atom stereocenters. The molecule has 0 unspecified atom stereocenters. The minimum Gasteiger partial charge on any atom is -0.346 e. The van der Waals surface area contributed by atoms with Gasteiger partial charge in [0.05, 0.1) is 11.9 Å². The van der Waals surface area contributed by atoms with Crippen molar-refractivity contribution < 1.29 is 18.0 Å². The number of hydrogen-bond donors (Lipinski definition) is 2. The van der Waals surface area contributed by atoms with E-state index >= 15 is 0 Å². The van der Waals surface area contributed by atoms with Crippen molar-refractivity contribution in [2.45, 2.75) is 31.5 Å². The molecule has 24 heavy (non-hydrogen) atoms. The molecular formula is C14H12F3N5O2. The molecule has 3 rings (SSSR count). The van der Waals surface area contributed by atoms with E-state index in [1.54, 1.807) is 5.32 Å². The molecule has 0 aliphatic heterocycles. The minimum absolute atomic E-state index is 0.0550. The number of fused-ring (bicyclic) bond motifs is 1. The van der Waals surface area contributed by atoms with Gasteiger partial charge in [0.2, 0.25) is 0 Å². The van der Waals surface area contributed by atoms with E-state index in [0.29, 0.717) is 5.69 Å². The number of halogens is 3. The van der Waals surface area contributed by atoms with Gasteiger partial charge in [0, 0.05) is 24.7 Å². The molecule has 2 heterocycles. The van der Waals surface area contributed by atoms with Gasteiger partial charge in [-0.1, -0.05) is 0 Å². The van der Waals surface area contributed by atoms with Crippen LogP contribution in [0.5, 0.6) is 0 Å². The number of carbonyl (C=O) groups is 1. The van der Waals surface area contributed by atoms with Gasteiger partial charge < -0.3 is 14.9 Å². The molecule has 2 aromatic rings. The van der Waals surface area contributed by atoms with Gasteiger partial charge >= 0.3 is 12.1 Å². The van der Waals surface area contributed by atoms with E-state index in [1.807, 2.05) is 6.07 Å². The van der Waals surface area contributed by atoms with Gasteiger partial charge in [-0.3, -0.25) is 9.59 Å². The van der Waals surface area contributed by atoms with E-state index in [-0.39, 0.29) is 35.6 Å². The second-order valence-corrected chi connectivity index (χ2v) is 5.48. The Morgan fingerprint density at radius 2 is 2.21 bits per heavy atom. The molecule has 1 fully saturated rings. The molecule has 7 nitrogen and oxygen atoms in total. The van der Waals surface area contributed by atoms with E-state index in [2.05, 4.69) is 9.97 Å². The Kier molecular flexibility index (Phi) is 3.79. The van der Waals surface area contributed by atoms with Crippen LogP contribution in [0.15, 0.2) is 11.1 Å². The summed E-state index contributed by atoms with van der Waals surface area (Å²) in [6.07, 6.45) is -2.12. The fourth-order valence-corrected chi connectivity index (χ4v) is 2.71. The van der Waals surface area contributed by atoms with Crippen LogP contribution in [0.25, 0.3) is 11.0 Å². The van der Waals surface area contributed by atoms with Crippen molar-refractivity contribution in [3.8, 4) is 6.07 Å². The van der Waals surface area contributed by atoms with Crippen LogP contribution in [0.2, 0.25) is 0 Å². The fourth-order valence-electron chi connectivity index (χ4n) is 2.71. The summed E-state index contributed by atoms with van der Waals surface area (Å²) < 4.78 is 38.2. The minimum atomic E-state index is -4.96. The zero-order valence-electron chi connectivity index (χ0n) is 12.3. The zero-order chi connectivity index (χ0) is 17.5. The molecule has 1 saturated carbocycles. The fraction of sp³-hybridized carbons (Fsp3) is 0.429. The summed E-state index contributed by atoms with van der Waals surface area (Å²) in [6.45, 7) is -0.373. The van der Waals surface area contributed by atoms with E-state index in [1.165, 1.54) is 10.9 Å². The average Bonchev–Trinajstić information content (AvgIpc) is 3.29. The molecule has 0 saturated heterocycles. The van der Waals surface area contributed by atoms with Gasteiger partial charge in [0.25, 0.3) is 5.56 Å². The summed E-state index contributed by atoms with van der Waals surface area (Å²) >= 11 is 0. The van der Waals surface area contributed by atoms with Crippen molar-refractivity contribution in [2.75, 3.05) is 6.54 Å². The lowest BCUT2D eigenvalue weighted by atomic mass is 10.2. The van der Waals surface area contributed by atoms with Crippen LogP contribution in [0.4, 0.5) is 13.2 Å². The second-order valence-electron chi connectivity index (χ2n) is 5.48.